The maximum absolute atomic E-state index is 13.0. The highest BCUT2D eigenvalue weighted by Crippen LogP contribution is 2.36. The van der Waals surface area contributed by atoms with Crippen LogP contribution in [0.3, 0.4) is 0 Å². The van der Waals surface area contributed by atoms with Gasteiger partial charge in [-0.05, 0) is 55.2 Å². The zero-order valence-electron chi connectivity index (χ0n) is 15.6. The standard InChI is InChI=1S/C22H23ClN2O2S/c23-17-9-7-15(8-10-17)22(27)25-12-3-4-16(14-25)21(26)24-19-11-13-28-20-6-2-1-5-18(19)20/h1-2,5-10,16,19H,3-4,11-14H2,(H,24,26)/t16-,19-/m1/s1. The Hall–Kier alpha value is -1.98. The van der Waals surface area contributed by atoms with Crippen LogP contribution in [0.25, 0.3) is 0 Å². The molecule has 0 aliphatic carbocycles. The Morgan fingerprint density at radius 3 is 2.68 bits per heavy atom. The summed E-state index contributed by atoms with van der Waals surface area (Å²) < 4.78 is 0. The fraction of sp³-hybridized carbons (Fsp3) is 0.364. The van der Waals surface area contributed by atoms with Crippen molar-refractivity contribution in [2.45, 2.75) is 30.2 Å². The average molecular weight is 415 g/mol. The predicted molar refractivity (Wildman–Crippen MR) is 113 cm³/mol. The number of likely N-dealkylation sites (tertiary alicyclic amines) is 1. The Labute approximate surface area is 174 Å². The number of thioether (sulfide) groups is 1. The normalized spacial score (nSPS) is 21.7. The van der Waals surface area contributed by atoms with E-state index in [1.54, 1.807) is 29.2 Å². The molecule has 0 radical (unpaired) electrons. The van der Waals surface area contributed by atoms with Gasteiger partial charge in [-0.1, -0.05) is 29.8 Å². The molecule has 1 N–H and O–H groups in total. The zero-order valence-corrected chi connectivity index (χ0v) is 17.1. The lowest BCUT2D eigenvalue weighted by molar-refractivity contribution is -0.127. The van der Waals surface area contributed by atoms with Gasteiger partial charge < -0.3 is 10.2 Å². The average Bonchev–Trinajstić information content (AvgIpc) is 2.74. The molecule has 0 unspecified atom stereocenters. The fourth-order valence-electron chi connectivity index (χ4n) is 3.93. The molecule has 146 valence electrons. The monoisotopic (exact) mass is 414 g/mol. The molecule has 0 aromatic heterocycles. The van der Waals surface area contributed by atoms with Crippen molar-refractivity contribution in [3.63, 3.8) is 0 Å². The van der Waals surface area contributed by atoms with Crippen LogP contribution in [0.5, 0.6) is 0 Å². The second-order valence-electron chi connectivity index (χ2n) is 7.33. The minimum absolute atomic E-state index is 0.0337. The third-order valence-electron chi connectivity index (χ3n) is 5.45. The van der Waals surface area contributed by atoms with E-state index in [0.29, 0.717) is 23.7 Å². The summed E-state index contributed by atoms with van der Waals surface area (Å²) in [5.74, 6) is 0.869. The zero-order chi connectivity index (χ0) is 19.5. The van der Waals surface area contributed by atoms with Gasteiger partial charge in [-0.3, -0.25) is 9.59 Å². The van der Waals surface area contributed by atoms with Crippen LogP contribution in [0.2, 0.25) is 5.02 Å². The maximum Gasteiger partial charge on any atom is 0.253 e. The van der Waals surface area contributed by atoms with E-state index in [-0.39, 0.29) is 23.8 Å². The summed E-state index contributed by atoms with van der Waals surface area (Å²) >= 11 is 7.76. The van der Waals surface area contributed by atoms with E-state index in [4.69, 9.17) is 11.6 Å². The SMILES string of the molecule is O=C(N[C@@H]1CCSc2ccccc21)[C@@H]1CCCN(C(=O)c2ccc(Cl)cc2)C1. The molecular formula is C22H23ClN2O2S. The van der Waals surface area contributed by atoms with Crippen LogP contribution in [0.1, 0.15) is 41.2 Å². The summed E-state index contributed by atoms with van der Waals surface area (Å²) in [4.78, 5) is 28.8. The Bertz CT molecular complexity index is 871. The van der Waals surface area contributed by atoms with E-state index >= 15 is 0 Å². The largest absolute Gasteiger partial charge is 0.349 e. The molecule has 0 bridgehead atoms. The Kier molecular flexibility index (Phi) is 5.93. The van der Waals surface area contributed by atoms with Crippen LogP contribution in [-0.2, 0) is 4.79 Å². The summed E-state index contributed by atoms with van der Waals surface area (Å²) in [5.41, 5.74) is 1.82. The van der Waals surface area contributed by atoms with E-state index in [0.717, 1.165) is 25.0 Å². The van der Waals surface area contributed by atoms with Gasteiger partial charge in [0.1, 0.15) is 0 Å². The van der Waals surface area contributed by atoms with E-state index in [1.165, 1.54) is 10.5 Å². The first-order valence-corrected chi connectivity index (χ1v) is 11.0. The van der Waals surface area contributed by atoms with Crippen molar-refractivity contribution < 1.29 is 9.59 Å². The number of amides is 2. The lowest BCUT2D eigenvalue weighted by Crippen LogP contribution is -2.46. The lowest BCUT2D eigenvalue weighted by atomic mass is 9.95. The van der Waals surface area contributed by atoms with Gasteiger partial charge in [0.15, 0.2) is 0 Å². The number of fused-ring (bicyclic) bond motifs is 1. The van der Waals surface area contributed by atoms with Gasteiger partial charge in [-0.25, -0.2) is 0 Å². The van der Waals surface area contributed by atoms with Crippen molar-refractivity contribution in [1.29, 1.82) is 0 Å². The number of rotatable bonds is 3. The van der Waals surface area contributed by atoms with Crippen molar-refractivity contribution in [3.05, 3.63) is 64.7 Å². The van der Waals surface area contributed by atoms with Gasteiger partial charge in [0.25, 0.3) is 5.91 Å². The molecule has 1 saturated heterocycles. The van der Waals surface area contributed by atoms with Crippen molar-refractivity contribution in [2.24, 2.45) is 5.92 Å². The van der Waals surface area contributed by atoms with Gasteiger partial charge in [0.05, 0.1) is 12.0 Å². The predicted octanol–water partition coefficient (Wildman–Crippen LogP) is 4.55. The number of carbonyl (C=O) groups excluding carboxylic acids is 2. The highest BCUT2D eigenvalue weighted by Gasteiger charge is 2.31. The second kappa shape index (κ2) is 8.58. The first-order valence-electron chi connectivity index (χ1n) is 9.69. The first kappa shape index (κ1) is 19.3. The Morgan fingerprint density at radius 1 is 1.07 bits per heavy atom. The van der Waals surface area contributed by atoms with Crippen molar-refractivity contribution in [3.8, 4) is 0 Å². The first-order chi connectivity index (χ1) is 13.6. The highest BCUT2D eigenvalue weighted by molar-refractivity contribution is 7.99. The van der Waals surface area contributed by atoms with Crippen molar-refractivity contribution >= 4 is 35.2 Å². The van der Waals surface area contributed by atoms with Gasteiger partial charge >= 0.3 is 0 Å². The van der Waals surface area contributed by atoms with Gasteiger partial charge in [0, 0.05) is 34.3 Å². The molecule has 2 amide bonds. The van der Waals surface area contributed by atoms with Crippen LogP contribution in [0.4, 0.5) is 0 Å². The fourth-order valence-corrected chi connectivity index (χ4v) is 5.18. The van der Waals surface area contributed by atoms with Crippen LogP contribution >= 0.6 is 23.4 Å². The summed E-state index contributed by atoms with van der Waals surface area (Å²) in [7, 11) is 0. The number of benzene rings is 2. The highest BCUT2D eigenvalue weighted by atomic mass is 35.5. The molecule has 4 rings (SSSR count). The van der Waals surface area contributed by atoms with E-state index in [9.17, 15) is 9.59 Å². The molecule has 1 fully saturated rings. The number of piperidine rings is 1. The molecule has 2 aliphatic rings. The number of nitrogens with one attached hydrogen (secondary N) is 1. The number of hydrogen-bond donors (Lipinski definition) is 1. The van der Waals surface area contributed by atoms with Crippen LogP contribution in [-0.4, -0.2) is 35.6 Å². The van der Waals surface area contributed by atoms with E-state index in [1.807, 2.05) is 23.9 Å². The lowest BCUT2D eigenvalue weighted by Gasteiger charge is -2.34. The molecule has 2 atom stereocenters. The molecule has 0 saturated carbocycles. The van der Waals surface area contributed by atoms with E-state index in [2.05, 4.69) is 17.4 Å². The smallest absolute Gasteiger partial charge is 0.253 e. The topological polar surface area (TPSA) is 49.4 Å². The maximum atomic E-state index is 13.0. The van der Waals surface area contributed by atoms with Crippen LogP contribution < -0.4 is 5.32 Å². The Balaban J connectivity index is 1.41. The molecule has 2 aromatic rings. The molecule has 28 heavy (non-hydrogen) atoms. The molecule has 0 spiro atoms. The number of hydrogen-bond acceptors (Lipinski definition) is 3. The Morgan fingerprint density at radius 2 is 1.86 bits per heavy atom. The van der Waals surface area contributed by atoms with Gasteiger partial charge in [-0.15, -0.1) is 11.8 Å². The number of nitrogens with zero attached hydrogens (tertiary/aromatic N) is 1. The summed E-state index contributed by atoms with van der Waals surface area (Å²) in [6.45, 7) is 1.16. The summed E-state index contributed by atoms with van der Waals surface area (Å²) in [6.07, 6.45) is 2.60. The molecule has 2 heterocycles. The van der Waals surface area contributed by atoms with Crippen molar-refractivity contribution in [2.75, 3.05) is 18.8 Å². The summed E-state index contributed by atoms with van der Waals surface area (Å²) in [5, 5.41) is 3.85. The number of carbonyl (C=O) groups is 2. The van der Waals surface area contributed by atoms with E-state index < -0.39 is 0 Å². The molecule has 4 nitrogen and oxygen atoms in total. The second-order valence-corrected chi connectivity index (χ2v) is 8.91. The quantitative estimate of drug-likeness (QED) is 0.801. The van der Waals surface area contributed by atoms with Gasteiger partial charge in [0.2, 0.25) is 5.91 Å². The molecular weight excluding hydrogens is 392 g/mol. The van der Waals surface area contributed by atoms with Crippen LogP contribution in [0, 0.1) is 5.92 Å². The summed E-state index contributed by atoms with van der Waals surface area (Å²) in [6, 6.07) is 15.3. The molecule has 2 aliphatic heterocycles. The third kappa shape index (κ3) is 4.20. The minimum atomic E-state index is -0.160. The number of halogens is 1. The third-order valence-corrected chi connectivity index (χ3v) is 6.82. The van der Waals surface area contributed by atoms with Gasteiger partial charge in [-0.2, -0.15) is 0 Å². The molecule has 2 aromatic carbocycles. The minimum Gasteiger partial charge on any atom is -0.349 e. The van der Waals surface area contributed by atoms with Crippen LogP contribution in [0.15, 0.2) is 53.4 Å². The molecule has 6 heteroatoms. The van der Waals surface area contributed by atoms with Crippen molar-refractivity contribution in [1.82, 2.24) is 10.2 Å².